The van der Waals surface area contributed by atoms with E-state index in [9.17, 15) is 0 Å². The minimum Gasteiger partial charge on any atom is -0.473 e. The van der Waals surface area contributed by atoms with Gasteiger partial charge in [-0.05, 0) is 33.6 Å². The second kappa shape index (κ2) is 6.44. The van der Waals surface area contributed by atoms with E-state index in [2.05, 4.69) is 20.0 Å². The lowest BCUT2D eigenvalue weighted by Gasteiger charge is -2.31. The van der Waals surface area contributed by atoms with Crippen LogP contribution in [0.25, 0.3) is 0 Å². The molecule has 0 aliphatic carbocycles. The van der Waals surface area contributed by atoms with Crippen molar-refractivity contribution in [3.05, 3.63) is 35.1 Å². The maximum absolute atomic E-state index is 5.94. The normalized spacial score (nSPS) is 16.9. The molecule has 1 aliphatic heterocycles. The third kappa shape index (κ3) is 3.44. The minimum atomic E-state index is 0.219. The zero-order chi connectivity index (χ0) is 15.5. The standard InChI is InChI=1S/C16H22N4O2/c1-11-8-17-9-16(18-11)21-14-4-6-20(7-5-14)10-15-12(2)19-22-13(15)3/h8-9,14H,4-7,10H2,1-3H3. The van der Waals surface area contributed by atoms with E-state index in [0.717, 1.165) is 49.6 Å². The van der Waals surface area contributed by atoms with E-state index in [-0.39, 0.29) is 6.10 Å². The average molecular weight is 302 g/mol. The van der Waals surface area contributed by atoms with Gasteiger partial charge < -0.3 is 9.26 Å². The van der Waals surface area contributed by atoms with Crippen LogP contribution in [-0.4, -0.2) is 39.2 Å². The summed E-state index contributed by atoms with van der Waals surface area (Å²) in [4.78, 5) is 10.9. The Bertz CT molecular complexity index is 613. The summed E-state index contributed by atoms with van der Waals surface area (Å²) in [7, 11) is 0. The molecule has 3 rings (SSSR count). The van der Waals surface area contributed by atoms with Crippen LogP contribution in [0.2, 0.25) is 0 Å². The molecular formula is C16H22N4O2. The highest BCUT2D eigenvalue weighted by atomic mass is 16.5. The van der Waals surface area contributed by atoms with Crippen LogP contribution < -0.4 is 4.74 Å². The van der Waals surface area contributed by atoms with Gasteiger partial charge in [-0.1, -0.05) is 5.16 Å². The Morgan fingerprint density at radius 1 is 1.23 bits per heavy atom. The lowest BCUT2D eigenvalue weighted by atomic mass is 10.1. The summed E-state index contributed by atoms with van der Waals surface area (Å²) in [6, 6.07) is 0. The van der Waals surface area contributed by atoms with Crippen molar-refractivity contribution in [1.82, 2.24) is 20.0 Å². The highest BCUT2D eigenvalue weighted by Gasteiger charge is 2.22. The molecule has 118 valence electrons. The van der Waals surface area contributed by atoms with Gasteiger partial charge in [-0.3, -0.25) is 9.88 Å². The zero-order valence-corrected chi connectivity index (χ0v) is 13.4. The van der Waals surface area contributed by atoms with Crippen molar-refractivity contribution in [3.8, 4) is 5.88 Å². The number of aryl methyl sites for hydroxylation is 3. The predicted octanol–water partition coefficient (Wildman–Crippen LogP) is 2.43. The lowest BCUT2D eigenvalue weighted by Crippen LogP contribution is -2.38. The van der Waals surface area contributed by atoms with Gasteiger partial charge in [-0.25, -0.2) is 4.98 Å². The molecule has 1 aliphatic rings. The topological polar surface area (TPSA) is 64.3 Å². The van der Waals surface area contributed by atoms with Gasteiger partial charge in [0.05, 0.1) is 17.6 Å². The largest absolute Gasteiger partial charge is 0.473 e. The third-order valence-electron chi connectivity index (χ3n) is 4.12. The van der Waals surface area contributed by atoms with Gasteiger partial charge in [0.15, 0.2) is 0 Å². The van der Waals surface area contributed by atoms with Crippen LogP contribution in [0, 0.1) is 20.8 Å². The van der Waals surface area contributed by atoms with Gasteiger partial charge >= 0.3 is 0 Å². The first-order valence-electron chi connectivity index (χ1n) is 7.71. The minimum absolute atomic E-state index is 0.219. The summed E-state index contributed by atoms with van der Waals surface area (Å²) in [5.41, 5.74) is 3.09. The summed E-state index contributed by atoms with van der Waals surface area (Å²) in [5, 5.41) is 4.02. The second-order valence-corrected chi connectivity index (χ2v) is 5.89. The summed E-state index contributed by atoms with van der Waals surface area (Å²) in [6.07, 6.45) is 5.64. The van der Waals surface area contributed by atoms with Gasteiger partial charge in [-0.2, -0.15) is 0 Å². The number of likely N-dealkylation sites (tertiary alicyclic amines) is 1. The number of ether oxygens (including phenoxy) is 1. The SMILES string of the molecule is Cc1cncc(OC2CCN(Cc3c(C)noc3C)CC2)n1. The van der Waals surface area contributed by atoms with E-state index >= 15 is 0 Å². The molecule has 22 heavy (non-hydrogen) atoms. The molecule has 0 radical (unpaired) electrons. The molecule has 1 saturated heterocycles. The van der Waals surface area contributed by atoms with Crippen molar-refractivity contribution >= 4 is 0 Å². The van der Waals surface area contributed by atoms with Crippen LogP contribution in [0.15, 0.2) is 16.9 Å². The molecule has 6 heteroatoms. The van der Waals surface area contributed by atoms with E-state index in [1.54, 1.807) is 12.4 Å². The maximum Gasteiger partial charge on any atom is 0.232 e. The van der Waals surface area contributed by atoms with Gasteiger partial charge in [-0.15, -0.1) is 0 Å². The second-order valence-electron chi connectivity index (χ2n) is 5.89. The summed E-state index contributed by atoms with van der Waals surface area (Å²) in [6.45, 7) is 8.81. The Labute approximate surface area is 130 Å². The average Bonchev–Trinajstić information content (AvgIpc) is 2.81. The van der Waals surface area contributed by atoms with Crippen LogP contribution in [-0.2, 0) is 6.54 Å². The van der Waals surface area contributed by atoms with Crippen LogP contribution in [0.3, 0.4) is 0 Å². The fourth-order valence-electron chi connectivity index (χ4n) is 2.80. The molecule has 0 N–H and O–H groups in total. The number of hydrogen-bond acceptors (Lipinski definition) is 6. The van der Waals surface area contributed by atoms with Crippen molar-refractivity contribution in [2.75, 3.05) is 13.1 Å². The molecule has 2 aromatic heterocycles. The van der Waals surface area contributed by atoms with E-state index in [1.165, 1.54) is 5.56 Å². The Hall–Kier alpha value is -1.95. The number of piperidine rings is 1. The summed E-state index contributed by atoms with van der Waals surface area (Å²) < 4.78 is 11.2. The molecule has 1 fully saturated rings. The van der Waals surface area contributed by atoms with Crippen molar-refractivity contribution in [2.24, 2.45) is 0 Å². The Kier molecular flexibility index (Phi) is 4.38. The van der Waals surface area contributed by atoms with Crippen molar-refractivity contribution < 1.29 is 9.26 Å². The quantitative estimate of drug-likeness (QED) is 0.864. The molecule has 0 aromatic carbocycles. The lowest BCUT2D eigenvalue weighted by molar-refractivity contribution is 0.0924. The molecule has 0 spiro atoms. The summed E-state index contributed by atoms with van der Waals surface area (Å²) in [5.74, 6) is 1.55. The molecule has 0 saturated carbocycles. The highest BCUT2D eigenvalue weighted by Crippen LogP contribution is 2.21. The van der Waals surface area contributed by atoms with Crippen LogP contribution in [0.4, 0.5) is 0 Å². The molecule has 0 atom stereocenters. The highest BCUT2D eigenvalue weighted by molar-refractivity contribution is 5.20. The van der Waals surface area contributed by atoms with Crippen LogP contribution >= 0.6 is 0 Å². The van der Waals surface area contributed by atoms with Crippen LogP contribution in [0.1, 0.15) is 35.6 Å². The fraction of sp³-hybridized carbons (Fsp3) is 0.562. The third-order valence-corrected chi connectivity index (χ3v) is 4.12. The summed E-state index contributed by atoms with van der Waals surface area (Å²) >= 11 is 0. The van der Waals surface area contributed by atoms with Crippen LogP contribution in [0.5, 0.6) is 5.88 Å². The fourth-order valence-corrected chi connectivity index (χ4v) is 2.80. The molecule has 3 heterocycles. The number of rotatable bonds is 4. The monoisotopic (exact) mass is 302 g/mol. The van der Waals surface area contributed by atoms with Gasteiger partial charge in [0, 0.05) is 31.4 Å². The first-order valence-corrected chi connectivity index (χ1v) is 7.71. The first kappa shape index (κ1) is 15.0. The number of aromatic nitrogens is 3. The molecule has 6 nitrogen and oxygen atoms in total. The predicted molar refractivity (Wildman–Crippen MR) is 81.7 cm³/mol. The Balaban J connectivity index is 1.52. The molecule has 0 bridgehead atoms. The molecule has 0 unspecified atom stereocenters. The van der Waals surface area contributed by atoms with E-state index in [4.69, 9.17) is 9.26 Å². The number of nitrogens with zero attached hydrogens (tertiary/aromatic N) is 4. The molecule has 2 aromatic rings. The zero-order valence-electron chi connectivity index (χ0n) is 13.4. The van der Waals surface area contributed by atoms with Crippen molar-refractivity contribution in [1.29, 1.82) is 0 Å². The van der Waals surface area contributed by atoms with Gasteiger partial charge in [0.25, 0.3) is 0 Å². The van der Waals surface area contributed by atoms with E-state index in [0.29, 0.717) is 5.88 Å². The molecular weight excluding hydrogens is 280 g/mol. The van der Waals surface area contributed by atoms with E-state index < -0.39 is 0 Å². The number of hydrogen-bond donors (Lipinski definition) is 0. The smallest absolute Gasteiger partial charge is 0.232 e. The Morgan fingerprint density at radius 2 is 2.00 bits per heavy atom. The van der Waals surface area contributed by atoms with Crippen molar-refractivity contribution in [2.45, 2.75) is 46.3 Å². The van der Waals surface area contributed by atoms with Gasteiger partial charge in [0.1, 0.15) is 11.9 Å². The first-order chi connectivity index (χ1) is 10.6. The maximum atomic E-state index is 5.94. The van der Waals surface area contributed by atoms with E-state index in [1.807, 2.05) is 20.8 Å². The Morgan fingerprint density at radius 3 is 2.64 bits per heavy atom. The molecule has 0 amide bonds. The van der Waals surface area contributed by atoms with Gasteiger partial charge in [0.2, 0.25) is 5.88 Å². The van der Waals surface area contributed by atoms with Crippen molar-refractivity contribution in [3.63, 3.8) is 0 Å².